The standard InChI is InChI=1S/C30H33BrN6O5/c1-40-18-4-16-33-36-29(39)30(20-21-8-12-23(31)13-9-21)27(25-6-2-3-7-26(25)35-37-32)42-28(34-30)22-10-14-24(15-11-22)41-19-5-17-38/h2-3,6-15,27,33,38H,4-5,16-20H2,1H3,(H,36,39)/t27-,30-/m0/s1. The lowest BCUT2D eigenvalue weighted by molar-refractivity contribution is -0.130. The molecule has 2 atom stereocenters. The number of aliphatic hydroxyl groups excluding tert-OH is 1. The van der Waals surface area contributed by atoms with Gasteiger partial charge >= 0.3 is 0 Å². The van der Waals surface area contributed by atoms with Crippen LogP contribution in [-0.4, -0.2) is 55.9 Å². The molecule has 0 unspecified atom stereocenters. The number of amides is 1. The average molecular weight is 638 g/mol. The van der Waals surface area contributed by atoms with E-state index in [4.69, 9.17) is 24.3 Å². The van der Waals surface area contributed by atoms with Crippen molar-refractivity contribution in [2.75, 3.05) is 33.5 Å². The quantitative estimate of drug-likeness (QED) is 0.0676. The Hall–Kier alpha value is -3.93. The first-order chi connectivity index (χ1) is 20.5. The Bertz CT molecular complexity index is 1410. The monoisotopic (exact) mass is 636 g/mol. The Kier molecular flexibility index (Phi) is 11.3. The number of hydrazine groups is 1. The highest BCUT2D eigenvalue weighted by atomic mass is 79.9. The number of ether oxygens (including phenoxy) is 3. The number of carbonyl (C=O) groups is 1. The van der Waals surface area contributed by atoms with Crippen LogP contribution in [0.5, 0.6) is 5.75 Å². The molecule has 3 N–H and O–H groups in total. The minimum absolute atomic E-state index is 0.0468. The summed E-state index contributed by atoms with van der Waals surface area (Å²) in [6.07, 6.45) is 0.501. The average Bonchev–Trinajstić information content (AvgIpc) is 3.39. The maximum atomic E-state index is 14.2. The number of hydrogen-bond donors (Lipinski definition) is 3. The molecule has 3 aromatic carbocycles. The van der Waals surface area contributed by atoms with E-state index in [-0.39, 0.29) is 18.9 Å². The maximum absolute atomic E-state index is 14.2. The SMILES string of the molecule is COCCCNNC(=O)[C@@]1(Cc2ccc(Br)cc2)N=C(c2ccc(OCCCO)cc2)O[C@H]1c1ccccc1N=[N+]=[N-]. The number of halogens is 1. The number of benzene rings is 3. The van der Waals surface area contributed by atoms with Gasteiger partial charge in [0.25, 0.3) is 5.91 Å². The van der Waals surface area contributed by atoms with Crippen LogP contribution in [0.25, 0.3) is 10.4 Å². The third kappa shape index (κ3) is 7.67. The topological polar surface area (TPSA) is 150 Å². The van der Waals surface area contributed by atoms with Crippen LogP contribution in [0.2, 0.25) is 0 Å². The second kappa shape index (κ2) is 15.3. The fraction of sp³-hybridized carbons (Fsp3) is 0.333. The highest BCUT2D eigenvalue weighted by Crippen LogP contribution is 2.45. The zero-order chi connectivity index (χ0) is 29.8. The lowest BCUT2D eigenvalue weighted by atomic mass is 9.81. The van der Waals surface area contributed by atoms with Crippen LogP contribution in [0.3, 0.4) is 0 Å². The molecule has 1 heterocycles. The van der Waals surface area contributed by atoms with E-state index in [9.17, 15) is 10.3 Å². The first kappa shape index (κ1) is 31.0. The summed E-state index contributed by atoms with van der Waals surface area (Å²) in [7, 11) is 1.62. The molecule has 0 bridgehead atoms. The van der Waals surface area contributed by atoms with E-state index in [0.29, 0.717) is 55.2 Å². The van der Waals surface area contributed by atoms with Gasteiger partial charge in [-0.25, -0.2) is 10.4 Å². The van der Waals surface area contributed by atoms with Gasteiger partial charge in [-0.3, -0.25) is 10.2 Å². The van der Waals surface area contributed by atoms with Gasteiger partial charge in [-0.05, 0) is 53.9 Å². The maximum Gasteiger partial charge on any atom is 0.266 e. The first-order valence-electron chi connectivity index (χ1n) is 13.5. The molecule has 42 heavy (non-hydrogen) atoms. The van der Waals surface area contributed by atoms with E-state index in [0.717, 1.165) is 10.0 Å². The third-order valence-corrected chi connectivity index (χ3v) is 7.17. The zero-order valence-electron chi connectivity index (χ0n) is 23.2. The zero-order valence-corrected chi connectivity index (χ0v) is 24.8. The van der Waals surface area contributed by atoms with Crippen LogP contribution in [0.15, 0.2) is 87.4 Å². The molecule has 1 aliphatic rings. The molecule has 4 rings (SSSR count). The smallest absolute Gasteiger partial charge is 0.266 e. The van der Waals surface area contributed by atoms with Gasteiger partial charge in [0.1, 0.15) is 5.75 Å². The van der Waals surface area contributed by atoms with Gasteiger partial charge in [0.15, 0.2) is 11.6 Å². The molecular weight excluding hydrogens is 604 g/mol. The van der Waals surface area contributed by atoms with Gasteiger partial charge in [-0.1, -0.05) is 57.4 Å². The Morgan fingerprint density at radius 3 is 2.60 bits per heavy atom. The molecule has 0 saturated carbocycles. The summed E-state index contributed by atoms with van der Waals surface area (Å²) in [5.74, 6) is 0.502. The molecule has 0 saturated heterocycles. The summed E-state index contributed by atoms with van der Waals surface area (Å²) < 4.78 is 18.2. The van der Waals surface area contributed by atoms with Gasteiger partial charge < -0.3 is 19.3 Å². The number of nitrogens with one attached hydrogen (secondary N) is 2. The van der Waals surface area contributed by atoms with Crippen molar-refractivity contribution in [1.82, 2.24) is 10.9 Å². The van der Waals surface area contributed by atoms with E-state index in [2.05, 4.69) is 36.8 Å². The Morgan fingerprint density at radius 1 is 1.12 bits per heavy atom. The van der Waals surface area contributed by atoms with Gasteiger partial charge in [-0.15, -0.1) is 0 Å². The van der Waals surface area contributed by atoms with Crippen LogP contribution in [0.1, 0.15) is 35.6 Å². The second-order valence-corrected chi connectivity index (χ2v) is 10.5. The normalized spacial score (nSPS) is 17.6. The van der Waals surface area contributed by atoms with Crippen molar-refractivity contribution in [2.45, 2.75) is 30.9 Å². The summed E-state index contributed by atoms with van der Waals surface area (Å²) in [5, 5.41) is 12.9. The fourth-order valence-corrected chi connectivity index (χ4v) is 4.84. The molecular formula is C30H33BrN6O5. The van der Waals surface area contributed by atoms with E-state index in [1.807, 2.05) is 24.3 Å². The minimum atomic E-state index is -1.46. The number of nitrogens with zero attached hydrogens (tertiary/aromatic N) is 4. The van der Waals surface area contributed by atoms with Crippen LogP contribution >= 0.6 is 15.9 Å². The van der Waals surface area contributed by atoms with Crippen molar-refractivity contribution >= 4 is 33.4 Å². The Morgan fingerprint density at radius 2 is 1.88 bits per heavy atom. The predicted molar refractivity (Wildman–Crippen MR) is 162 cm³/mol. The summed E-state index contributed by atoms with van der Waals surface area (Å²) in [5.41, 5.74) is 16.0. The molecule has 3 aromatic rings. The van der Waals surface area contributed by atoms with Crippen molar-refractivity contribution in [3.05, 3.63) is 104 Å². The summed E-state index contributed by atoms with van der Waals surface area (Å²) in [6, 6.07) is 21.9. The van der Waals surface area contributed by atoms with E-state index >= 15 is 0 Å². The first-order valence-corrected chi connectivity index (χ1v) is 14.3. The van der Waals surface area contributed by atoms with Crippen LogP contribution < -0.4 is 15.6 Å². The van der Waals surface area contributed by atoms with Crippen LogP contribution in [0, 0.1) is 0 Å². The number of azide groups is 1. The van der Waals surface area contributed by atoms with Crippen LogP contribution in [-0.2, 0) is 20.7 Å². The van der Waals surface area contributed by atoms with Gasteiger partial charge in [0, 0.05) is 65.9 Å². The van der Waals surface area contributed by atoms with E-state index in [1.165, 1.54) is 0 Å². The van der Waals surface area contributed by atoms with Crippen molar-refractivity contribution in [2.24, 2.45) is 10.1 Å². The van der Waals surface area contributed by atoms with Gasteiger partial charge in [-0.2, -0.15) is 0 Å². The lowest BCUT2D eigenvalue weighted by Gasteiger charge is -2.31. The largest absolute Gasteiger partial charge is 0.494 e. The molecule has 0 fully saturated rings. The van der Waals surface area contributed by atoms with E-state index in [1.54, 1.807) is 55.6 Å². The molecule has 11 nitrogen and oxygen atoms in total. The predicted octanol–water partition coefficient (Wildman–Crippen LogP) is 5.31. The van der Waals surface area contributed by atoms with Crippen molar-refractivity contribution in [1.29, 1.82) is 0 Å². The lowest BCUT2D eigenvalue weighted by Crippen LogP contribution is -2.54. The number of aliphatic imine (C=N–C) groups is 1. The number of aliphatic hydroxyl groups is 1. The number of hydrogen-bond acceptors (Lipinski definition) is 8. The minimum Gasteiger partial charge on any atom is -0.494 e. The molecule has 0 aliphatic carbocycles. The van der Waals surface area contributed by atoms with Crippen molar-refractivity contribution in [3.8, 4) is 5.75 Å². The molecule has 220 valence electrons. The Balaban J connectivity index is 1.78. The second-order valence-electron chi connectivity index (χ2n) is 9.57. The van der Waals surface area contributed by atoms with Crippen LogP contribution in [0.4, 0.5) is 5.69 Å². The summed E-state index contributed by atoms with van der Waals surface area (Å²) in [6.45, 7) is 1.47. The highest BCUT2D eigenvalue weighted by Gasteiger charge is 2.54. The Labute approximate surface area is 252 Å². The highest BCUT2D eigenvalue weighted by molar-refractivity contribution is 9.10. The molecule has 0 aromatic heterocycles. The number of rotatable bonds is 15. The summed E-state index contributed by atoms with van der Waals surface area (Å²) >= 11 is 3.48. The fourth-order valence-electron chi connectivity index (χ4n) is 4.58. The summed E-state index contributed by atoms with van der Waals surface area (Å²) in [4.78, 5) is 22.1. The molecule has 12 heteroatoms. The van der Waals surface area contributed by atoms with Crippen molar-refractivity contribution < 1.29 is 24.1 Å². The molecule has 1 amide bonds. The molecule has 0 radical (unpaired) electrons. The van der Waals surface area contributed by atoms with E-state index < -0.39 is 17.6 Å². The van der Waals surface area contributed by atoms with Gasteiger partial charge in [0.05, 0.1) is 6.61 Å². The van der Waals surface area contributed by atoms with Gasteiger partial charge in [0.2, 0.25) is 5.90 Å². The van der Waals surface area contributed by atoms with Crippen molar-refractivity contribution in [3.63, 3.8) is 0 Å². The number of carbonyl (C=O) groups excluding carboxylic acids is 1. The number of methoxy groups -OCH3 is 1. The molecule has 0 spiro atoms. The third-order valence-electron chi connectivity index (χ3n) is 6.64. The molecule has 1 aliphatic heterocycles.